The lowest BCUT2D eigenvalue weighted by molar-refractivity contribution is 0.0695. The first kappa shape index (κ1) is 24.9. The lowest BCUT2D eigenvalue weighted by atomic mass is 10.1. The second-order valence-electron chi connectivity index (χ2n) is 6.69. The van der Waals surface area contributed by atoms with Gasteiger partial charge in [0.15, 0.2) is 10.8 Å². The molecule has 2 aromatic heterocycles. The van der Waals surface area contributed by atoms with Crippen LogP contribution in [0.5, 0.6) is 11.6 Å². The molecule has 0 aliphatic rings. The van der Waals surface area contributed by atoms with Crippen molar-refractivity contribution < 1.29 is 19.3 Å². The summed E-state index contributed by atoms with van der Waals surface area (Å²) in [4.78, 5) is 16.5. The monoisotopic (exact) mass is 427 g/mol. The molecule has 0 fully saturated rings. The van der Waals surface area contributed by atoms with E-state index in [-0.39, 0.29) is 30.6 Å². The number of halogens is 1. The molecular formula is C20H30ClN3O5. The molecule has 0 aliphatic carbocycles. The minimum absolute atomic E-state index is 0.00397. The van der Waals surface area contributed by atoms with Crippen molar-refractivity contribution in [3.63, 3.8) is 0 Å². The van der Waals surface area contributed by atoms with Crippen molar-refractivity contribution in [2.45, 2.75) is 46.8 Å². The molecule has 9 heteroatoms. The van der Waals surface area contributed by atoms with Crippen LogP contribution in [-0.2, 0) is 16.9 Å². The number of nitrogens with zero attached hydrogens (tertiary/aromatic N) is 3. The first-order chi connectivity index (χ1) is 13.8. The van der Waals surface area contributed by atoms with E-state index in [4.69, 9.17) is 30.9 Å². The van der Waals surface area contributed by atoms with Crippen LogP contribution in [0.1, 0.15) is 40.2 Å². The Morgan fingerprint density at radius 3 is 2.41 bits per heavy atom. The first-order valence-electron chi connectivity index (χ1n) is 9.50. The molecule has 2 aromatic rings. The average molecular weight is 428 g/mol. The third-order valence-corrected chi connectivity index (χ3v) is 3.78. The fourth-order valence-electron chi connectivity index (χ4n) is 2.11. The number of rotatable bonds is 9. The van der Waals surface area contributed by atoms with Gasteiger partial charge in [-0.05, 0) is 26.8 Å². The van der Waals surface area contributed by atoms with Gasteiger partial charge in [0.1, 0.15) is 13.2 Å². The highest BCUT2D eigenvalue weighted by atomic mass is 35.5. The van der Waals surface area contributed by atoms with Crippen LogP contribution in [0, 0.1) is 0 Å². The summed E-state index contributed by atoms with van der Waals surface area (Å²) in [6.45, 7) is 10.8. The number of aliphatic hydroxyl groups excluding tert-OH is 1. The lowest BCUT2D eigenvalue weighted by Gasteiger charge is -2.21. The molecule has 0 amide bonds. The van der Waals surface area contributed by atoms with Gasteiger partial charge in [-0.3, -0.25) is 4.79 Å². The molecule has 0 spiro atoms. The van der Waals surface area contributed by atoms with E-state index in [1.807, 2.05) is 34.6 Å². The van der Waals surface area contributed by atoms with Crippen LogP contribution >= 0.6 is 11.6 Å². The summed E-state index contributed by atoms with van der Waals surface area (Å²) in [5.74, 6) is 0.683. The van der Waals surface area contributed by atoms with E-state index < -0.39 is 11.1 Å². The number of hydrogen-bond acceptors (Lipinski definition) is 7. The second-order valence-corrected chi connectivity index (χ2v) is 7.07. The quantitative estimate of drug-likeness (QED) is 0.614. The van der Waals surface area contributed by atoms with E-state index >= 15 is 0 Å². The normalized spacial score (nSPS) is 10.9. The van der Waals surface area contributed by atoms with E-state index in [0.717, 1.165) is 5.56 Å². The summed E-state index contributed by atoms with van der Waals surface area (Å²) in [6.07, 6.45) is 3.05. The van der Waals surface area contributed by atoms with E-state index in [1.165, 1.54) is 10.9 Å². The summed E-state index contributed by atoms with van der Waals surface area (Å²) < 4.78 is 17.4. The zero-order valence-electron chi connectivity index (χ0n) is 17.6. The van der Waals surface area contributed by atoms with Crippen molar-refractivity contribution in [3.05, 3.63) is 45.5 Å². The maximum absolute atomic E-state index is 12.3. The van der Waals surface area contributed by atoms with Crippen molar-refractivity contribution in [2.75, 3.05) is 26.4 Å². The fourth-order valence-corrected chi connectivity index (χ4v) is 2.29. The molecular weight excluding hydrogens is 398 g/mol. The van der Waals surface area contributed by atoms with Crippen LogP contribution in [-0.4, -0.2) is 46.3 Å². The third kappa shape index (κ3) is 8.00. The lowest BCUT2D eigenvalue weighted by Crippen LogP contribution is -2.36. The van der Waals surface area contributed by atoms with Crippen molar-refractivity contribution in [1.29, 1.82) is 0 Å². The molecule has 0 bridgehead atoms. The van der Waals surface area contributed by atoms with Gasteiger partial charge in [0.2, 0.25) is 5.88 Å². The Kier molecular flexibility index (Phi) is 10.6. The van der Waals surface area contributed by atoms with Gasteiger partial charge in [0.05, 0.1) is 31.6 Å². The molecule has 29 heavy (non-hydrogen) atoms. The molecule has 0 saturated heterocycles. The number of ether oxygens (including phenoxy) is 3. The highest BCUT2D eigenvalue weighted by Gasteiger charge is 2.20. The maximum atomic E-state index is 12.3. The van der Waals surface area contributed by atoms with Crippen LogP contribution < -0.4 is 15.0 Å². The molecule has 0 saturated carbocycles. The van der Waals surface area contributed by atoms with Crippen LogP contribution in [0.15, 0.2) is 29.3 Å². The SMILES string of the molecule is CC.CC(C)(C)n1ncc(OCc2ccc(OCCOCCO)nc2)c(Cl)c1=O. The van der Waals surface area contributed by atoms with E-state index in [2.05, 4.69) is 10.1 Å². The Labute approximate surface area is 176 Å². The predicted octanol–water partition coefficient (Wildman–Crippen LogP) is 3.04. The van der Waals surface area contributed by atoms with Gasteiger partial charge < -0.3 is 19.3 Å². The van der Waals surface area contributed by atoms with Crippen LogP contribution in [0.2, 0.25) is 5.02 Å². The highest BCUT2D eigenvalue weighted by molar-refractivity contribution is 6.31. The summed E-state index contributed by atoms with van der Waals surface area (Å²) in [5, 5.41) is 12.7. The van der Waals surface area contributed by atoms with Gasteiger partial charge in [0, 0.05) is 17.8 Å². The summed E-state index contributed by atoms with van der Waals surface area (Å²) in [5.41, 5.74) is -0.0794. The molecule has 0 radical (unpaired) electrons. The number of aliphatic hydroxyl groups is 1. The Balaban J connectivity index is 0.00000204. The molecule has 1 N–H and O–H groups in total. The van der Waals surface area contributed by atoms with Crippen LogP contribution in [0.4, 0.5) is 0 Å². The highest BCUT2D eigenvalue weighted by Crippen LogP contribution is 2.22. The van der Waals surface area contributed by atoms with Crippen molar-refractivity contribution in [3.8, 4) is 11.6 Å². The van der Waals surface area contributed by atoms with Crippen molar-refractivity contribution in [2.24, 2.45) is 0 Å². The minimum atomic E-state index is -0.470. The van der Waals surface area contributed by atoms with Gasteiger partial charge in [-0.1, -0.05) is 25.4 Å². The van der Waals surface area contributed by atoms with Gasteiger partial charge in [-0.15, -0.1) is 0 Å². The molecule has 0 atom stereocenters. The summed E-state index contributed by atoms with van der Waals surface area (Å²) in [7, 11) is 0. The molecule has 162 valence electrons. The molecule has 0 aliphatic heterocycles. The van der Waals surface area contributed by atoms with Crippen LogP contribution in [0.3, 0.4) is 0 Å². The average Bonchev–Trinajstić information content (AvgIpc) is 2.70. The maximum Gasteiger partial charge on any atom is 0.289 e. The van der Waals surface area contributed by atoms with E-state index in [1.54, 1.807) is 18.3 Å². The van der Waals surface area contributed by atoms with Gasteiger partial charge in [0.25, 0.3) is 5.56 Å². The summed E-state index contributed by atoms with van der Waals surface area (Å²) in [6, 6.07) is 3.51. The smallest absolute Gasteiger partial charge is 0.289 e. The Morgan fingerprint density at radius 2 is 1.83 bits per heavy atom. The minimum Gasteiger partial charge on any atom is -0.485 e. The second kappa shape index (κ2) is 12.4. The largest absolute Gasteiger partial charge is 0.485 e. The number of pyridine rings is 1. The number of hydrogen-bond donors (Lipinski definition) is 1. The van der Waals surface area contributed by atoms with E-state index in [0.29, 0.717) is 19.1 Å². The molecule has 2 rings (SSSR count). The topological polar surface area (TPSA) is 95.7 Å². The van der Waals surface area contributed by atoms with Crippen molar-refractivity contribution >= 4 is 11.6 Å². The zero-order valence-corrected chi connectivity index (χ0v) is 18.4. The van der Waals surface area contributed by atoms with Gasteiger partial charge >= 0.3 is 0 Å². The standard InChI is InChI=1S/C18H24ClN3O5.C2H6/c1-18(2,3)22-17(24)16(19)14(11-21-22)27-12-13-4-5-15(20-10-13)26-9-8-25-7-6-23;1-2/h4-5,10-11,23H,6-9,12H2,1-3H3;1-2H3. The first-order valence-corrected chi connectivity index (χ1v) is 9.88. The number of aromatic nitrogens is 3. The van der Waals surface area contributed by atoms with Gasteiger partial charge in [-0.2, -0.15) is 5.10 Å². The predicted molar refractivity (Wildman–Crippen MR) is 112 cm³/mol. The van der Waals surface area contributed by atoms with Gasteiger partial charge in [-0.25, -0.2) is 9.67 Å². The van der Waals surface area contributed by atoms with E-state index in [9.17, 15) is 4.79 Å². The molecule has 2 heterocycles. The Bertz CT molecular complexity index is 788. The summed E-state index contributed by atoms with van der Waals surface area (Å²) >= 11 is 6.13. The zero-order chi connectivity index (χ0) is 21.9. The third-order valence-electron chi connectivity index (χ3n) is 3.43. The molecule has 8 nitrogen and oxygen atoms in total. The Hall–Kier alpha value is -2.16. The van der Waals surface area contributed by atoms with Crippen LogP contribution in [0.25, 0.3) is 0 Å². The molecule has 0 unspecified atom stereocenters. The Morgan fingerprint density at radius 1 is 1.10 bits per heavy atom. The van der Waals surface area contributed by atoms with Crippen molar-refractivity contribution in [1.82, 2.24) is 14.8 Å². The molecule has 0 aromatic carbocycles. The fraction of sp³-hybridized carbons (Fsp3) is 0.550.